The fraction of sp³-hybridized carbons (Fsp3) is 0.667. The van der Waals surface area contributed by atoms with Crippen molar-refractivity contribution < 1.29 is 0 Å². The standard InChI is InChI=1S/C12H21N5/c1-3-16-4-6-17(7-5-16)12-8-11(9-13-2)14-10-15-12/h8,10,13H,3-7,9H2,1-2H3. The molecule has 0 bridgehead atoms. The molecule has 0 aromatic carbocycles. The molecule has 1 fully saturated rings. The predicted octanol–water partition coefficient (Wildman–Crippen LogP) is 0.338. The van der Waals surface area contributed by atoms with Crippen molar-refractivity contribution in [3.05, 3.63) is 18.1 Å². The summed E-state index contributed by atoms with van der Waals surface area (Å²) in [7, 11) is 1.93. The van der Waals surface area contributed by atoms with E-state index >= 15 is 0 Å². The Morgan fingerprint density at radius 2 is 2.00 bits per heavy atom. The van der Waals surface area contributed by atoms with Gasteiger partial charge in [0.2, 0.25) is 0 Å². The summed E-state index contributed by atoms with van der Waals surface area (Å²) < 4.78 is 0. The zero-order valence-corrected chi connectivity index (χ0v) is 10.7. The monoisotopic (exact) mass is 235 g/mol. The van der Waals surface area contributed by atoms with Crippen molar-refractivity contribution >= 4 is 5.82 Å². The third-order valence-electron chi connectivity index (χ3n) is 3.21. The molecule has 1 aromatic heterocycles. The van der Waals surface area contributed by atoms with Gasteiger partial charge in [-0.05, 0) is 13.6 Å². The fourth-order valence-electron chi connectivity index (χ4n) is 2.13. The Morgan fingerprint density at radius 3 is 2.65 bits per heavy atom. The summed E-state index contributed by atoms with van der Waals surface area (Å²) in [5.74, 6) is 1.06. The molecule has 94 valence electrons. The van der Waals surface area contributed by atoms with Crippen molar-refractivity contribution in [1.82, 2.24) is 20.2 Å². The van der Waals surface area contributed by atoms with Crippen LogP contribution in [0.2, 0.25) is 0 Å². The summed E-state index contributed by atoms with van der Waals surface area (Å²) in [6, 6.07) is 2.08. The molecule has 0 spiro atoms. The number of piperazine rings is 1. The van der Waals surface area contributed by atoms with Crippen LogP contribution in [-0.2, 0) is 6.54 Å². The Morgan fingerprint density at radius 1 is 1.24 bits per heavy atom. The van der Waals surface area contributed by atoms with Crippen molar-refractivity contribution in [1.29, 1.82) is 0 Å². The van der Waals surface area contributed by atoms with Crippen molar-refractivity contribution in [2.45, 2.75) is 13.5 Å². The number of nitrogens with one attached hydrogen (secondary N) is 1. The Hall–Kier alpha value is -1.20. The largest absolute Gasteiger partial charge is 0.354 e. The predicted molar refractivity (Wildman–Crippen MR) is 69.1 cm³/mol. The summed E-state index contributed by atoms with van der Waals surface area (Å²) in [4.78, 5) is 13.4. The van der Waals surface area contributed by atoms with Gasteiger partial charge in [-0.25, -0.2) is 9.97 Å². The quantitative estimate of drug-likeness (QED) is 0.815. The number of hydrogen-bond acceptors (Lipinski definition) is 5. The smallest absolute Gasteiger partial charge is 0.132 e. The van der Waals surface area contributed by atoms with E-state index in [1.165, 1.54) is 0 Å². The molecule has 2 heterocycles. The van der Waals surface area contributed by atoms with E-state index < -0.39 is 0 Å². The number of nitrogens with zero attached hydrogens (tertiary/aromatic N) is 4. The highest BCUT2D eigenvalue weighted by atomic mass is 15.3. The topological polar surface area (TPSA) is 44.3 Å². The van der Waals surface area contributed by atoms with E-state index in [2.05, 4.69) is 38.1 Å². The van der Waals surface area contributed by atoms with Gasteiger partial charge in [-0.3, -0.25) is 0 Å². The lowest BCUT2D eigenvalue weighted by atomic mass is 10.3. The van der Waals surface area contributed by atoms with Crippen molar-refractivity contribution in [2.75, 3.05) is 44.7 Å². The molecular formula is C12H21N5. The van der Waals surface area contributed by atoms with Gasteiger partial charge in [0.1, 0.15) is 12.1 Å². The average Bonchev–Trinajstić information content (AvgIpc) is 2.40. The number of hydrogen-bond donors (Lipinski definition) is 1. The van der Waals surface area contributed by atoms with E-state index in [1.807, 2.05) is 7.05 Å². The van der Waals surface area contributed by atoms with Gasteiger partial charge in [0, 0.05) is 38.8 Å². The van der Waals surface area contributed by atoms with Crippen LogP contribution < -0.4 is 10.2 Å². The second kappa shape index (κ2) is 5.93. The molecule has 1 saturated heterocycles. The van der Waals surface area contributed by atoms with E-state index in [-0.39, 0.29) is 0 Å². The summed E-state index contributed by atoms with van der Waals surface area (Å²) >= 11 is 0. The second-order valence-corrected chi connectivity index (χ2v) is 4.32. The zero-order chi connectivity index (χ0) is 12.1. The summed E-state index contributed by atoms with van der Waals surface area (Å²) in [6.07, 6.45) is 1.66. The summed E-state index contributed by atoms with van der Waals surface area (Å²) in [5.41, 5.74) is 1.05. The molecule has 0 aliphatic carbocycles. The van der Waals surface area contributed by atoms with Gasteiger partial charge in [-0.1, -0.05) is 6.92 Å². The lowest BCUT2D eigenvalue weighted by molar-refractivity contribution is 0.270. The molecule has 0 unspecified atom stereocenters. The number of likely N-dealkylation sites (N-methyl/N-ethyl adjacent to an activating group) is 1. The lowest BCUT2D eigenvalue weighted by Crippen LogP contribution is -2.46. The SMILES string of the molecule is CCN1CCN(c2cc(CNC)ncn2)CC1. The van der Waals surface area contributed by atoms with E-state index in [4.69, 9.17) is 0 Å². The van der Waals surface area contributed by atoms with Crippen LogP contribution in [-0.4, -0.2) is 54.6 Å². The number of aromatic nitrogens is 2. The first kappa shape index (κ1) is 12.3. The first-order chi connectivity index (χ1) is 8.33. The Balaban J connectivity index is 2.00. The highest BCUT2D eigenvalue weighted by molar-refractivity contribution is 5.39. The van der Waals surface area contributed by atoms with Crippen molar-refractivity contribution in [2.24, 2.45) is 0 Å². The molecule has 0 atom stereocenters. The summed E-state index contributed by atoms with van der Waals surface area (Å²) in [6.45, 7) is 8.52. The Labute approximate surface area is 103 Å². The first-order valence-electron chi connectivity index (χ1n) is 6.26. The minimum atomic E-state index is 0.796. The minimum Gasteiger partial charge on any atom is -0.354 e. The van der Waals surface area contributed by atoms with E-state index in [1.54, 1.807) is 6.33 Å². The second-order valence-electron chi connectivity index (χ2n) is 4.32. The van der Waals surface area contributed by atoms with E-state index in [0.717, 1.165) is 50.8 Å². The van der Waals surface area contributed by atoms with Gasteiger partial charge in [-0.2, -0.15) is 0 Å². The van der Waals surface area contributed by atoms with Crippen LogP contribution in [0, 0.1) is 0 Å². The van der Waals surface area contributed by atoms with E-state index in [9.17, 15) is 0 Å². The van der Waals surface area contributed by atoms with Gasteiger partial charge < -0.3 is 15.1 Å². The first-order valence-corrected chi connectivity index (χ1v) is 6.26. The van der Waals surface area contributed by atoms with Crippen LogP contribution in [0.15, 0.2) is 12.4 Å². The molecule has 5 heteroatoms. The maximum atomic E-state index is 4.36. The summed E-state index contributed by atoms with van der Waals surface area (Å²) in [5, 5.41) is 3.11. The molecule has 1 aliphatic heterocycles. The van der Waals surface area contributed by atoms with Gasteiger partial charge in [-0.15, -0.1) is 0 Å². The van der Waals surface area contributed by atoms with Gasteiger partial charge >= 0.3 is 0 Å². The van der Waals surface area contributed by atoms with Crippen LogP contribution in [0.5, 0.6) is 0 Å². The highest BCUT2D eigenvalue weighted by Crippen LogP contribution is 2.13. The minimum absolute atomic E-state index is 0.796. The highest BCUT2D eigenvalue weighted by Gasteiger charge is 2.16. The molecule has 17 heavy (non-hydrogen) atoms. The van der Waals surface area contributed by atoms with Gasteiger partial charge in [0.25, 0.3) is 0 Å². The molecular weight excluding hydrogens is 214 g/mol. The maximum Gasteiger partial charge on any atom is 0.132 e. The van der Waals surface area contributed by atoms with Crippen molar-refractivity contribution in [3.63, 3.8) is 0 Å². The van der Waals surface area contributed by atoms with Gasteiger partial charge in [0.15, 0.2) is 0 Å². The third kappa shape index (κ3) is 3.14. The maximum absolute atomic E-state index is 4.36. The molecule has 0 amide bonds. The van der Waals surface area contributed by atoms with Crippen molar-refractivity contribution in [3.8, 4) is 0 Å². The molecule has 1 aromatic rings. The van der Waals surface area contributed by atoms with Gasteiger partial charge in [0.05, 0.1) is 5.69 Å². The molecule has 0 radical (unpaired) electrons. The molecule has 1 N–H and O–H groups in total. The number of rotatable bonds is 4. The molecule has 2 rings (SSSR count). The zero-order valence-electron chi connectivity index (χ0n) is 10.7. The van der Waals surface area contributed by atoms with Crippen LogP contribution in [0.25, 0.3) is 0 Å². The Kier molecular flexibility index (Phi) is 4.28. The van der Waals surface area contributed by atoms with Crippen LogP contribution in [0.3, 0.4) is 0 Å². The Bertz CT molecular complexity index is 347. The molecule has 5 nitrogen and oxygen atoms in total. The van der Waals surface area contributed by atoms with Crippen LogP contribution in [0.4, 0.5) is 5.82 Å². The average molecular weight is 235 g/mol. The third-order valence-corrected chi connectivity index (χ3v) is 3.21. The molecule has 1 aliphatic rings. The van der Waals surface area contributed by atoms with Crippen LogP contribution in [0.1, 0.15) is 12.6 Å². The van der Waals surface area contributed by atoms with Crippen LogP contribution >= 0.6 is 0 Å². The number of anilines is 1. The lowest BCUT2D eigenvalue weighted by Gasteiger charge is -2.34. The molecule has 0 saturated carbocycles. The van der Waals surface area contributed by atoms with E-state index in [0.29, 0.717) is 0 Å². The fourth-order valence-corrected chi connectivity index (χ4v) is 2.13. The normalized spacial score (nSPS) is 17.4.